The van der Waals surface area contributed by atoms with Gasteiger partial charge in [-0.1, -0.05) is 44.2 Å². The average Bonchev–Trinajstić information content (AvgIpc) is 3.20. The summed E-state index contributed by atoms with van der Waals surface area (Å²) in [4.78, 5) is 12.2. The van der Waals surface area contributed by atoms with Crippen molar-refractivity contribution in [2.24, 2.45) is 5.92 Å². The van der Waals surface area contributed by atoms with Gasteiger partial charge in [0.05, 0.1) is 11.8 Å². The third-order valence-corrected chi connectivity index (χ3v) is 5.55. The van der Waals surface area contributed by atoms with Gasteiger partial charge in [-0.25, -0.2) is 0 Å². The van der Waals surface area contributed by atoms with Crippen LogP contribution in [0.4, 0.5) is 5.69 Å². The van der Waals surface area contributed by atoms with Crippen LogP contribution in [0.15, 0.2) is 24.3 Å². The number of thiocarbonyl (C=S) groups is 1. The summed E-state index contributed by atoms with van der Waals surface area (Å²) >= 11 is 5.31. The van der Waals surface area contributed by atoms with Gasteiger partial charge < -0.3 is 20.1 Å². The van der Waals surface area contributed by atoms with E-state index in [1.165, 1.54) is 32.1 Å². The molecule has 1 aromatic rings. The van der Waals surface area contributed by atoms with Gasteiger partial charge >= 0.3 is 0 Å². The summed E-state index contributed by atoms with van der Waals surface area (Å²) < 4.78 is 11.5. The van der Waals surface area contributed by atoms with Crippen LogP contribution in [-0.4, -0.2) is 30.3 Å². The molecule has 1 saturated carbocycles. The summed E-state index contributed by atoms with van der Waals surface area (Å²) in [6.45, 7) is 1.34. The van der Waals surface area contributed by atoms with E-state index in [1.807, 2.05) is 24.3 Å². The summed E-state index contributed by atoms with van der Waals surface area (Å²) in [5, 5.41) is 6.20. The zero-order valence-electron chi connectivity index (χ0n) is 15.9. The number of carbonyl (C=O) groups excluding carboxylic acids is 1. The Morgan fingerprint density at radius 2 is 1.96 bits per heavy atom. The van der Waals surface area contributed by atoms with E-state index >= 15 is 0 Å². The Bertz CT molecular complexity index is 626. The van der Waals surface area contributed by atoms with Gasteiger partial charge in [-0.3, -0.25) is 4.79 Å². The van der Waals surface area contributed by atoms with Crippen molar-refractivity contribution in [3.63, 3.8) is 0 Å². The molecule has 0 radical (unpaired) electrons. The van der Waals surface area contributed by atoms with Crippen LogP contribution in [0, 0.1) is 5.92 Å². The molecular weight excluding hydrogens is 360 g/mol. The van der Waals surface area contributed by atoms with Crippen LogP contribution in [0.3, 0.4) is 0 Å². The molecule has 2 aliphatic rings. The van der Waals surface area contributed by atoms with Crippen LogP contribution in [-0.2, 0) is 9.53 Å². The maximum Gasteiger partial charge on any atom is 0.226 e. The first-order chi connectivity index (χ1) is 13.2. The van der Waals surface area contributed by atoms with Crippen LogP contribution in [0.1, 0.15) is 57.8 Å². The van der Waals surface area contributed by atoms with Gasteiger partial charge in [-0.05, 0) is 49.5 Å². The number of hydrogen-bond acceptors (Lipinski definition) is 4. The molecule has 0 bridgehead atoms. The fourth-order valence-corrected chi connectivity index (χ4v) is 4.03. The highest BCUT2D eigenvalue weighted by molar-refractivity contribution is 7.80. The first kappa shape index (κ1) is 20.1. The Morgan fingerprint density at radius 3 is 2.74 bits per heavy atom. The predicted molar refractivity (Wildman–Crippen MR) is 111 cm³/mol. The molecule has 6 heteroatoms. The first-order valence-corrected chi connectivity index (χ1v) is 10.6. The lowest BCUT2D eigenvalue weighted by atomic mass is 9.86. The van der Waals surface area contributed by atoms with E-state index in [-0.39, 0.29) is 12.0 Å². The third kappa shape index (κ3) is 6.78. The van der Waals surface area contributed by atoms with Crippen molar-refractivity contribution >= 4 is 28.9 Å². The second kappa shape index (κ2) is 10.6. The SMILES string of the molecule is O=C(CCC1CCCCC1)NC(=S)Nc1ccccc1OCC1CCCO1. The first-order valence-electron chi connectivity index (χ1n) is 10.1. The summed E-state index contributed by atoms with van der Waals surface area (Å²) in [6.07, 6.45) is 10.2. The normalized spacial score (nSPS) is 20.2. The molecule has 1 amide bonds. The van der Waals surface area contributed by atoms with Crippen molar-refractivity contribution < 1.29 is 14.3 Å². The molecule has 1 atom stereocenters. The monoisotopic (exact) mass is 390 g/mol. The maximum absolute atomic E-state index is 12.2. The fraction of sp³-hybridized carbons (Fsp3) is 0.619. The van der Waals surface area contributed by atoms with E-state index in [9.17, 15) is 4.79 Å². The van der Waals surface area contributed by atoms with Gasteiger partial charge in [0.1, 0.15) is 12.4 Å². The van der Waals surface area contributed by atoms with Gasteiger partial charge in [-0.15, -0.1) is 0 Å². The van der Waals surface area contributed by atoms with Gasteiger partial charge in [-0.2, -0.15) is 0 Å². The number of nitrogens with one attached hydrogen (secondary N) is 2. The van der Waals surface area contributed by atoms with Crippen molar-refractivity contribution in [2.45, 2.75) is 63.9 Å². The van der Waals surface area contributed by atoms with Gasteiger partial charge in [0, 0.05) is 13.0 Å². The molecule has 1 aliphatic carbocycles. The standard InChI is InChI=1S/C21H30N2O3S/c24-20(13-12-16-7-2-1-3-8-16)23-21(27)22-18-10-4-5-11-19(18)26-15-17-9-6-14-25-17/h4-5,10-11,16-17H,1-3,6-9,12-15H2,(H2,22,23,24,27). The Kier molecular flexibility index (Phi) is 7.90. The van der Waals surface area contributed by atoms with Crippen molar-refractivity contribution in [2.75, 3.05) is 18.5 Å². The Morgan fingerprint density at radius 1 is 1.15 bits per heavy atom. The molecule has 27 heavy (non-hydrogen) atoms. The van der Waals surface area contributed by atoms with Crippen LogP contribution < -0.4 is 15.4 Å². The smallest absolute Gasteiger partial charge is 0.226 e. The second-order valence-electron chi connectivity index (χ2n) is 7.49. The van der Waals surface area contributed by atoms with E-state index in [0.29, 0.717) is 29.8 Å². The topological polar surface area (TPSA) is 59.6 Å². The summed E-state index contributed by atoms with van der Waals surface area (Å²) in [6, 6.07) is 7.62. The lowest BCUT2D eigenvalue weighted by Crippen LogP contribution is -2.34. The number of ether oxygens (including phenoxy) is 2. The molecule has 2 fully saturated rings. The van der Waals surface area contributed by atoms with Crippen LogP contribution in [0.2, 0.25) is 0 Å². The molecule has 5 nitrogen and oxygen atoms in total. The molecular formula is C21H30N2O3S. The highest BCUT2D eigenvalue weighted by atomic mass is 32.1. The van der Waals surface area contributed by atoms with Crippen LogP contribution in [0.25, 0.3) is 0 Å². The number of carbonyl (C=O) groups is 1. The predicted octanol–water partition coefficient (Wildman–Crippen LogP) is 4.42. The third-order valence-electron chi connectivity index (χ3n) is 5.34. The Balaban J connectivity index is 1.43. The lowest BCUT2D eigenvalue weighted by molar-refractivity contribution is -0.120. The van der Waals surface area contributed by atoms with Gasteiger partial charge in [0.15, 0.2) is 5.11 Å². The lowest BCUT2D eigenvalue weighted by Gasteiger charge is -2.21. The molecule has 3 rings (SSSR count). The summed E-state index contributed by atoms with van der Waals surface area (Å²) in [5.41, 5.74) is 0.757. The van der Waals surface area contributed by atoms with Crippen molar-refractivity contribution in [3.8, 4) is 5.75 Å². The molecule has 0 spiro atoms. The van der Waals surface area contributed by atoms with Gasteiger partial charge in [0.2, 0.25) is 5.91 Å². The molecule has 1 unspecified atom stereocenters. The molecule has 1 saturated heterocycles. The number of benzene rings is 1. The number of rotatable bonds is 7. The number of hydrogen-bond donors (Lipinski definition) is 2. The van der Waals surface area contributed by atoms with Crippen molar-refractivity contribution in [1.82, 2.24) is 5.32 Å². The molecule has 0 aromatic heterocycles. The number of para-hydroxylation sites is 2. The highest BCUT2D eigenvalue weighted by Gasteiger charge is 2.18. The zero-order valence-corrected chi connectivity index (χ0v) is 16.7. The quantitative estimate of drug-likeness (QED) is 0.675. The van der Waals surface area contributed by atoms with E-state index in [0.717, 1.165) is 31.6 Å². The molecule has 2 N–H and O–H groups in total. The minimum Gasteiger partial charge on any atom is -0.489 e. The maximum atomic E-state index is 12.2. The summed E-state index contributed by atoms with van der Waals surface area (Å²) in [7, 11) is 0. The summed E-state index contributed by atoms with van der Waals surface area (Å²) in [5.74, 6) is 1.39. The zero-order chi connectivity index (χ0) is 18.9. The molecule has 1 aliphatic heterocycles. The van der Waals surface area contributed by atoms with Crippen molar-refractivity contribution in [1.29, 1.82) is 0 Å². The van der Waals surface area contributed by atoms with Gasteiger partial charge in [0.25, 0.3) is 0 Å². The van der Waals surface area contributed by atoms with E-state index in [1.54, 1.807) is 0 Å². The second-order valence-corrected chi connectivity index (χ2v) is 7.90. The average molecular weight is 391 g/mol. The Labute approximate surface area is 167 Å². The fourth-order valence-electron chi connectivity index (χ4n) is 3.81. The van der Waals surface area contributed by atoms with Crippen molar-refractivity contribution in [3.05, 3.63) is 24.3 Å². The largest absolute Gasteiger partial charge is 0.489 e. The molecule has 1 aromatic carbocycles. The van der Waals surface area contributed by atoms with E-state index in [2.05, 4.69) is 10.6 Å². The highest BCUT2D eigenvalue weighted by Crippen LogP contribution is 2.27. The molecule has 148 valence electrons. The minimum atomic E-state index is -0.0178. The Hall–Kier alpha value is -1.66. The number of amides is 1. The van der Waals surface area contributed by atoms with Crippen LogP contribution in [0.5, 0.6) is 5.75 Å². The van der Waals surface area contributed by atoms with E-state index < -0.39 is 0 Å². The minimum absolute atomic E-state index is 0.0178. The van der Waals surface area contributed by atoms with E-state index in [4.69, 9.17) is 21.7 Å². The molecule has 1 heterocycles. The number of anilines is 1. The van der Waals surface area contributed by atoms with Crippen LogP contribution >= 0.6 is 12.2 Å².